The average molecular weight is 444 g/mol. The number of nitrogens with zero attached hydrogens (tertiary/aromatic N) is 2. The minimum atomic E-state index is -3.72. The Morgan fingerprint density at radius 2 is 1.68 bits per heavy atom. The molecule has 1 atom stereocenters. The Bertz CT molecular complexity index is 1040. The minimum Gasteiger partial charge on any atom is -0.339 e. The lowest BCUT2D eigenvalue weighted by Gasteiger charge is -2.28. The van der Waals surface area contributed by atoms with Crippen molar-refractivity contribution in [3.63, 3.8) is 0 Å². The molecule has 7 nitrogen and oxygen atoms in total. The fraction of sp³-hybridized carbons (Fsp3) is 0.391. The topological polar surface area (TPSA) is 86.8 Å². The standard InChI is InChI=1S/C23H29N3O4S/c1-4-18-11-13-19(14-12-18)26(31(3,29)30)17(2)22(27)24-21-10-6-5-9-20(21)23(28)25-15-7-8-16-25/h5-6,9-14,17H,4,7-8,15-16H2,1-3H3,(H,24,27)/t17-/m1/s1. The van der Waals surface area contributed by atoms with Crippen LogP contribution in [0, 0.1) is 0 Å². The summed E-state index contributed by atoms with van der Waals surface area (Å²) in [5.41, 5.74) is 2.28. The molecule has 0 radical (unpaired) electrons. The van der Waals surface area contributed by atoms with Crippen LogP contribution in [-0.2, 0) is 21.2 Å². The molecule has 1 fully saturated rings. The van der Waals surface area contributed by atoms with E-state index < -0.39 is 22.0 Å². The third kappa shape index (κ3) is 5.25. The van der Waals surface area contributed by atoms with Crippen molar-refractivity contribution in [2.45, 2.75) is 39.2 Å². The molecule has 8 heteroatoms. The maximum absolute atomic E-state index is 13.1. The highest BCUT2D eigenvalue weighted by Crippen LogP contribution is 2.24. The lowest BCUT2D eigenvalue weighted by atomic mass is 10.1. The summed E-state index contributed by atoms with van der Waals surface area (Å²) >= 11 is 0. The Balaban J connectivity index is 1.85. The van der Waals surface area contributed by atoms with Crippen molar-refractivity contribution in [2.75, 3.05) is 29.0 Å². The first-order valence-corrected chi connectivity index (χ1v) is 12.3. The molecule has 0 saturated carbocycles. The Hall–Kier alpha value is -2.87. The largest absolute Gasteiger partial charge is 0.339 e. The van der Waals surface area contributed by atoms with Crippen LogP contribution in [0.4, 0.5) is 11.4 Å². The molecular formula is C23H29N3O4S. The van der Waals surface area contributed by atoms with E-state index in [1.165, 1.54) is 6.92 Å². The predicted molar refractivity (Wildman–Crippen MR) is 123 cm³/mol. The number of aryl methyl sites for hydroxylation is 1. The van der Waals surface area contributed by atoms with Crippen LogP contribution in [0.2, 0.25) is 0 Å². The van der Waals surface area contributed by atoms with E-state index in [2.05, 4.69) is 5.32 Å². The smallest absolute Gasteiger partial charge is 0.255 e. The molecule has 1 aliphatic rings. The summed E-state index contributed by atoms with van der Waals surface area (Å²) in [5.74, 6) is -0.636. The van der Waals surface area contributed by atoms with E-state index in [4.69, 9.17) is 0 Å². The predicted octanol–water partition coefficient (Wildman–Crippen LogP) is 3.28. The molecule has 0 unspecified atom stereocenters. The number of amides is 2. The van der Waals surface area contributed by atoms with Crippen LogP contribution in [0.5, 0.6) is 0 Å². The molecule has 2 amide bonds. The van der Waals surface area contributed by atoms with Gasteiger partial charge in [-0.2, -0.15) is 0 Å². The molecule has 31 heavy (non-hydrogen) atoms. The SMILES string of the molecule is CCc1ccc(N([C@H](C)C(=O)Nc2ccccc2C(=O)N2CCCC2)S(C)(=O)=O)cc1. The zero-order valence-electron chi connectivity index (χ0n) is 18.2. The number of likely N-dealkylation sites (tertiary alicyclic amines) is 1. The maximum atomic E-state index is 13.1. The molecule has 1 heterocycles. The van der Waals surface area contributed by atoms with Gasteiger partial charge in [0.1, 0.15) is 6.04 Å². The number of carbonyl (C=O) groups is 2. The van der Waals surface area contributed by atoms with Crippen molar-refractivity contribution in [1.82, 2.24) is 4.90 Å². The zero-order chi connectivity index (χ0) is 22.6. The van der Waals surface area contributed by atoms with Gasteiger partial charge in [-0.1, -0.05) is 31.2 Å². The molecule has 1 saturated heterocycles. The van der Waals surface area contributed by atoms with Gasteiger partial charge in [-0.15, -0.1) is 0 Å². The quantitative estimate of drug-likeness (QED) is 0.712. The summed E-state index contributed by atoms with van der Waals surface area (Å²) in [6.07, 6.45) is 3.85. The molecule has 0 aromatic heterocycles. The molecule has 1 N–H and O–H groups in total. The maximum Gasteiger partial charge on any atom is 0.255 e. The molecule has 0 bridgehead atoms. The lowest BCUT2D eigenvalue weighted by molar-refractivity contribution is -0.116. The van der Waals surface area contributed by atoms with E-state index in [0.717, 1.165) is 35.4 Å². The van der Waals surface area contributed by atoms with Gasteiger partial charge in [0, 0.05) is 13.1 Å². The number of sulfonamides is 1. The summed E-state index contributed by atoms with van der Waals surface area (Å²) in [7, 11) is -3.72. The van der Waals surface area contributed by atoms with E-state index in [9.17, 15) is 18.0 Å². The van der Waals surface area contributed by atoms with Crippen LogP contribution in [0.1, 0.15) is 42.6 Å². The van der Waals surface area contributed by atoms with Gasteiger partial charge in [-0.25, -0.2) is 8.42 Å². The van der Waals surface area contributed by atoms with Gasteiger partial charge < -0.3 is 10.2 Å². The zero-order valence-corrected chi connectivity index (χ0v) is 19.0. The number of carbonyl (C=O) groups excluding carboxylic acids is 2. The molecule has 166 valence electrons. The third-order valence-corrected chi connectivity index (χ3v) is 6.74. The summed E-state index contributed by atoms with van der Waals surface area (Å²) in [5, 5.41) is 2.77. The van der Waals surface area contributed by atoms with Crippen molar-refractivity contribution in [3.8, 4) is 0 Å². The third-order valence-electron chi connectivity index (χ3n) is 5.50. The number of para-hydroxylation sites is 1. The van der Waals surface area contributed by atoms with Gasteiger partial charge in [-0.05, 0) is 56.0 Å². The number of anilines is 2. The van der Waals surface area contributed by atoms with Crippen LogP contribution in [0.3, 0.4) is 0 Å². The molecule has 2 aromatic carbocycles. The van der Waals surface area contributed by atoms with E-state index in [1.54, 1.807) is 41.3 Å². The highest BCUT2D eigenvalue weighted by atomic mass is 32.2. The number of benzene rings is 2. The molecule has 0 spiro atoms. The second-order valence-electron chi connectivity index (χ2n) is 7.79. The van der Waals surface area contributed by atoms with E-state index >= 15 is 0 Å². The fourth-order valence-corrected chi connectivity index (χ4v) is 4.97. The molecule has 2 aromatic rings. The van der Waals surface area contributed by atoms with E-state index in [-0.39, 0.29) is 5.91 Å². The Labute approximate surface area is 184 Å². The van der Waals surface area contributed by atoms with Crippen molar-refractivity contribution < 1.29 is 18.0 Å². The molecule has 0 aliphatic carbocycles. The number of hydrogen-bond donors (Lipinski definition) is 1. The molecule has 1 aliphatic heterocycles. The van der Waals surface area contributed by atoms with Gasteiger partial charge in [0.25, 0.3) is 5.91 Å². The second kappa shape index (κ2) is 9.51. The van der Waals surface area contributed by atoms with Gasteiger partial charge in [0.15, 0.2) is 0 Å². The van der Waals surface area contributed by atoms with Gasteiger partial charge in [-0.3, -0.25) is 13.9 Å². The van der Waals surface area contributed by atoms with Crippen LogP contribution < -0.4 is 9.62 Å². The van der Waals surface area contributed by atoms with E-state index in [1.807, 2.05) is 19.1 Å². The van der Waals surface area contributed by atoms with Crippen molar-refractivity contribution in [3.05, 3.63) is 59.7 Å². The number of rotatable bonds is 7. The van der Waals surface area contributed by atoms with Crippen LogP contribution in [-0.4, -0.2) is 50.5 Å². The molecule has 3 rings (SSSR count). The Kier molecular flexibility index (Phi) is 7.00. The van der Waals surface area contributed by atoms with Crippen LogP contribution in [0.25, 0.3) is 0 Å². The van der Waals surface area contributed by atoms with Crippen molar-refractivity contribution in [1.29, 1.82) is 0 Å². The van der Waals surface area contributed by atoms with Crippen LogP contribution in [0.15, 0.2) is 48.5 Å². The Morgan fingerprint density at radius 1 is 1.06 bits per heavy atom. The summed E-state index contributed by atoms with van der Waals surface area (Å²) in [4.78, 5) is 27.7. The monoisotopic (exact) mass is 443 g/mol. The van der Waals surface area contributed by atoms with Crippen LogP contribution >= 0.6 is 0 Å². The summed E-state index contributed by atoms with van der Waals surface area (Å²) < 4.78 is 26.1. The fourth-order valence-electron chi connectivity index (χ4n) is 3.79. The van der Waals surface area contributed by atoms with Gasteiger partial charge >= 0.3 is 0 Å². The lowest BCUT2D eigenvalue weighted by Crippen LogP contribution is -2.45. The average Bonchev–Trinajstić information content (AvgIpc) is 3.28. The minimum absolute atomic E-state index is 0.129. The second-order valence-corrected chi connectivity index (χ2v) is 9.65. The highest BCUT2D eigenvalue weighted by Gasteiger charge is 2.30. The van der Waals surface area contributed by atoms with Gasteiger partial charge in [0.05, 0.1) is 23.2 Å². The first-order chi connectivity index (χ1) is 14.7. The summed E-state index contributed by atoms with van der Waals surface area (Å²) in [6.45, 7) is 4.95. The summed E-state index contributed by atoms with van der Waals surface area (Å²) in [6, 6.07) is 12.9. The van der Waals surface area contributed by atoms with Crippen molar-refractivity contribution in [2.24, 2.45) is 0 Å². The first kappa shape index (κ1) is 22.8. The first-order valence-electron chi connectivity index (χ1n) is 10.5. The molecular weight excluding hydrogens is 414 g/mol. The highest BCUT2D eigenvalue weighted by molar-refractivity contribution is 7.92. The number of hydrogen-bond acceptors (Lipinski definition) is 4. The van der Waals surface area contributed by atoms with Gasteiger partial charge in [0.2, 0.25) is 15.9 Å². The van der Waals surface area contributed by atoms with E-state index in [0.29, 0.717) is 30.0 Å². The number of nitrogens with one attached hydrogen (secondary N) is 1. The van der Waals surface area contributed by atoms with Crippen molar-refractivity contribution >= 4 is 33.2 Å². The normalized spacial score (nSPS) is 14.9. The Morgan fingerprint density at radius 3 is 2.26 bits per heavy atom.